The van der Waals surface area contributed by atoms with E-state index in [-0.39, 0.29) is 5.78 Å². The molecule has 0 unspecified atom stereocenters. The van der Waals surface area contributed by atoms with Gasteiger partial charge in [0.05, 0.1) is 12.2 Å². The molecule has 0 atom stereocenters. The van der Waals surface area contributed by atoms with Gasteiger partial charge in [0.2, 0.25) is 0 Å². The highest BCUT2D eigenvalue weighted by molar-refractivity contribution is 6.10. The molecule has 0 saturated carbocycles. The smallest absolute Gasteiger partial charge is 0.198 e. The van der Waals surface area contributed by atoms with E-state index in [0.717, 1.165) is 29.8 Å². The minimum absolute atomic E-state index is 0.0220. The van der Waals surface area contributed by atoms with Crippen LogP contribution in [0.5, 0.6) is 5.75 Å². The molecule has 0 radical (unpaired) electrons. The molecule has 0 fully saturated rings. The SMILES string of the molecule is Cc1ccc(C(=O)c2cccc3c2OCCC3)cn1. The highest BCUT2D eigenvalue weighted by atomic mass is 16.5. The van der Waals surface area contributed by atoms with E-state index >= 15 is 0 Å². The third-order valence-electron chi connectivity index (χ3n) is 3.35. The van der Waals surface area contributed by atoms with Crippen LogP contribution in [-0.2, 0) is 6.42 Å². The number of para-hydroxylation sites is 1. The fourth-order valence-electron chi connectivity index (χ4n) is 2.33. The fourth-order valence-corrected chi connectivity index (χ4v) is 2.33. The van der Waals surface area contributed by atoms with Crippen LogP contribution in [0.2, 0.25) is 0 Å². The minimum Gasteiger partial charge on any atom is -0.493 e. The van der Waals surface area contributed by atoms with Crippen molar-refractivity contribution in [1.29, 1.82) is 0 Å². The number of benzene rings is 1. The Morgan fingerprint density at radius 3 is 2.95 bits per heavy atom. The molecule has 0 N–H and O–H groups in total. The van der Waals surface area contributed by atoms with Gasteiger partial charge in [-0.2, -0.15) is 0 Å². The molecule has 2 aromatic rings. The van der Waals surface area contributed by atoms with Gasteiger partial charge in [-0.25, -0.2) is 0 Å². The summed E-state index contributed by atoms with van der Waals surface area (Å²) in [5, 5.41) is 0. The summed E-state index contributed by atoms with van der Waals surface area (Å²) in [5.41, 5.74) is 3.27. The fraction of sp³-hybridized carbons (Fsp3) is 0.250. The lowest BCUT2D eigenvalue weighted by Crippen LogP contribution is -2.13. The number of aryl methyl sites for hydroxylation is 2. The standard InChI is InChI=1S/C16H15NO2/c1-11-7-8-13(10-17-11)15(18)14-6-2-4-12-5-3-9-19-16(12)14/h2,4,6-8,10H,3,5,9H2,1H3. The molecule has 1 aliphatic rings. The molecule has 0 amide bonds. The van der Waals surface area contributed by atoms with E-state index < -0.39 is 0 Å². The quantitative estimate of drug-likeness (QED) is 0.772. The summed E-state index contributed by atoms with van der Waals surface area (Å²) in [5.74, 6) is 0.727. The van der Waals surface area contributed by atoms with Gasteiger partial charge >= 0.3 is 0 Å². The molecule has 3 nitrogen and oxygen atoms in total. The first kappa shape index (κ1) is 11.9. The monoisotopic (exact) mass is 253 g/mol. The highest BCUT2D eigenvalue weighted by Gasteiger charge is 2.20. The van der Waals surface area contributed by atoms with Crippen molar-refractivity contribution in [3.05, 3.63) is 58.9 Å². The van der Waals surface area contributed by atoms with Gasteiger partial charge < -0.3 is 4.74 Å². The lowest BCUT2D eigenvalue weighted by atomic mass is 9.97. The molecule has 1 aromatic carbocycles. The predicted molar refractivity (Wildman–Crippen MR) is 72.7 cm³/mol. The maximum absolute atomic E-state index is 12.5. The summed E-state index contributed by atoms with van der Waals surface area (Å²) in [6, 6.07) is 9.43. The second-order valence-electron chi connectivity index (χ2n) is 4.76. The van der Waals surface area contributed by atoms with Gasteiger partial charge in [0.15, 0.2) is 5.78 Å². The second kappa shape index (κ2) is 4.84. The number of nitrogens with zero attached hydrogens (tertiary/aromatic N) is 1. The van der Waals surface area contributed by atoms with Crippen molar-refractivity contribution >= 4 is 5.78 Å². The molecule has 0 aliphatic carbocycles. The first-order valence-corrected chi connectivity index (χ1v) is 6.48. The molecule has 19 heavy (non-hydrogen) atoms. The number of rotatable bonds is 2. The maximum Gasteiger partial charge on any atom is 0.198 e. The van der Waals surface area contributed by atoms with E-state index in [0.29, 0.717) is 17.7 Å². The number of hydrogen-bond donors (Lipinski definition) is 0. The van der Waals surface area contributed by atoms with Crippen LogP contribution in [0.3, 0.4) is 0 Å². The Kier molecular flexibility index (Phi) is 3.03. The van der Waals surface area contributed by atoms with Crippen LogP contribution in [0, 0.1) is 6.92 Å². The van der Waals surface area contributed by atoms with E-state index in [9.17, 15) is 4.79 Å². The van der Waals surface area contributed by atoms with Gasteiger partial charge in [0.25, 0.3) is 0 Å². The number of aromatic nitrogens is 1. The number of ketones is 1. The lowest BCUT2D eigenvalue weighted by Gasteiger charge is -2.19. The third kappa shape index (κ3) is 2.24. The summed E-state index contributed by atoms with van der Waals surface area (Å²) in [6.07, 6.45) is 3.61. The van der Waals surface area contributed by atoms with Crippen molar-refractivity contribution < 1.29 is 9.53 Å². The van der Waals surface area contributed by atoms with Crippen molar-refractivity contribution in [3.8, 4) is 5.75 Å². The van der Waals surface area contributed by atoms with E-state index in [2.05, 4.69) is 4.98 Å². The highest BCUT2D eigenvalue weighted by Crippen LogP contribution is 2.30. The van der Waals surface area contributed by atoms with Crippen molar-refractivity contribution in [2.24, 2.45) is 0 Å². The molecule has 0 saturated heterocycles. The Balaban J connectivity index is 2.02. The number of hydrogen-bond acceptors (Lipinski definition) is 3. The van der Waals surface area contributed by atoms with Gasteiger partial charge in [-0.15, -0.1) is 0 Å². The predicted octanol–water partition coefficient (Wildman–Crippen LogP) is 2.95. The Hall–Kier alpha value is -2.16. The van der Waals surface area contributed by atoms with E-state index in [1.165, 1.54) is 0 Å². The summed E-state index contributed by atoms with van der Waals surface area (Å²) >= 11 is 0. The van der Waals surface area contributed by atoms with E-state index in [1.54, 1.807) is 6.20 Å². The molecular formula is C16H15NO2. The molecule has 3 rings (SSSR count). The van der Waals surface area contributed by atoms with Crippen molar-refractivity contribution in [2.45, 2.75) is 19.8 Å². The number of carbonyl (C=O) groups excluding carboxylic acids is 1. The van der Waals surface area contributed by atoms with Gasteiger partial charge in [-0.3, -0.25) is 9.78 Å². The molecule has 1 aliphatic heterocycles. The first-order chi connectivity index (χ1) is 9.25. The number of carbonyl (C=O) groups is 1. The van der Waals surface area contributed by atoms with Crippen LogP contribution in [0.4, 0.5) is 0 Å². The van der Waals surface area contributed by atoms with Crippen molar-refractivity contribution in [3.63, 3.8) is 0 Å². The van der Waals surface area contributed by atoms with Crippen molar-refractivity contribution in [2.75, 3.05) is 6.61 Å². The molecule has 0 bridgehead atoms. The Morgan fingerprint density at radius 1 is 1.26 bits per heavy atom. The molecular weight excluding hydrogens is 238 g/mol. The van der Waals surface area contributed by atoms with Crippen LogP contribution >= 0.6 is 0 Å². The summed E-state index contributed by atoms with van der Waals surface area (Å²) in [4.78, 5) is 16.7. The molecule has 3 heteroatoms. The van der Waals surface area contributed by atoms with Crippen LogP contribution in [0.15, 0.2) is 36.5 Å². The number of fused-ring (bicyclic) bond motifs is 1. The molecule has 1 aromatic heterocycles. The van der Waals surface area contributed by atoms with Gasteiger partial charge in [-0.1, -0.05) is 12.1 Å². The van der Waals surface area contributed by atoms with E-state index in [1.807, 2.05) is 37.3 Å². The van der Waals surface area contributed by atoms with Crippen LogP contribution in [-0.4, -0.2) is 17.4 Å². The Labute approximate surface area is 112 Å². The Bertz CT molecular complexity index is 617. The maximum atomic E-state index is 12.5. The van der Waals surface area contributed by atoms with Crippen LogP contribution in [0.25, 0.3) is 0 Å². The summed E-state index contributed by atoms with van der Waals surface area (Å²) in [7, 11) is 0. The van der Waals surface area contributed by atoms with Crippen LogP contribution in [0.1, 0.15) is 33.6 Å². The largest absolute Gasteiger partial charge is 0.493 e. The normalized spacial score (nSPS) is 13.5. The average Bonchev–Trinajstić information content (AvgIpc) is 2.47. The third-order valence-corrected chi connectivity index (χ3v) is 3.35. The van der Waals surface area contributed by atoms with Crippen LogP contribution < -0.4 is 4.74 Å². The van der Waals surface area contributed by atoms with Gasteiger partial charge in [0.1, 0.15) is 5.75 Å². The molecule has 0 spiro atoms. The zero-order valence-corrected chi connectivity index (χ0v) is 10.8. The lowest BCUT2D eigenvalue weighted by molar-refractivity contribution is 0.103. The topological polar surface area (TPSA) is 39.2 Å². The summed E-state index contributed by atoms with van der Waals surface area (Å²) in [6.45, 7) is 2.59. The zero-order valence-electron chi connectivity index (χ0n) is 10.8. The number of ether oxygens (including phenoxy) is 1. The summed E-state index contributed by atoms with van der Waals surface area (Å²) < 4.78 is 5.68. The first-order valence-electron chi connectivity index (χ1n) is 6.48. The van der Waals surface area contributed by atoms with Gasteiger partial charge in [-0.05, 0) is 43.5 Å². The van der Waals surface area contributed by atoms with Gasteiger partial charge in [0, 0.05) is 17.5 Å². The Morgan fingerprint density at radius 2 is 2.16 bits per heavy atom. The second-order valence-corrected chi connectivity index (χ2v) is 4.76. The zero-order chi connectivity index (χ0) is 13.2. The van der Waals surface area contributed by atoms with E-state index in [4.69, 9.17) is 4.74 Å². The number of pyridine rings is 1. The molecule has 96 valence electrons. The molecule has 2 heterocycles. The minimum atomic E-state index is -0.0220. The average molecular weight is 253 g/mol. The van der Waals surface area contributed by atoms with Crippen molar-refractivity contribution in [1.82, 2.24) is 4.98 Å².